The summed E-state index contributed by atoms with van der Waals surface area (Å²) in [7, 11) is -0.896. The Hall–Kier alpha value is -2.94. The average molecular weight is 455 g/mol. The molecule has 1 N–H and O–H groups in total. The highest BCUT2D eigenvalue weighted by molar-refractivity contribution is 7.90. The first-order valence-corrected chi connectivity index (χ1v) is 12.3. The fraction of sp³-hybridized carbons (Fsp3) is 0.435. The van der Waals surface area contributed by atoms with Gasteiger partial charge in [-0.15, -0.1) is 0 Å². The van der Waals surface area contributed by atoms with Gasteiger partial charge in [0.25, 0.3) is 10.0 Å². The van der Waals surface area contributed by atoms with Crippen molar-refractivity contribution in [3.8, 4) is 5.88 Å². The van der Waals surface area contributed by atoms with Gasteiger partial charge in [-0.25, -0.2) is 18.1 Å². The third-order valence-electron chi connectivity index (χ3n) is 6.98. The number of fused-ring (bicyclic) bond motifs is 1. The predicted octanol–water partition coefficient (Wildman–Crippen LogP) is 3.09. The first-order valence-electron chi connectivity index (χ1n) is 10.8. The van der Waals surface area contributed by atoms with Crippen LogP contribution in [-0.4, -0.2) is 36.2 Å². The maximum Gasteiger partial charge on any atom is 0.266 e. The number of ether oxygens (including phenoxy) is 1. The van der Waals surface area contributed by atoms with E-state index in [0.29, 0.717) is 35.5 Å². The Morgan fingerprint density at radius 3 is 2.62 bits per heavy atom. The van der Waals surface area contributed by atoms with Crippen LogP contribution in [0.3, 0.4) is 0 Å². The van der Waals surface area contributed by atoms with E-state index in [0.717, 1.165) is 29.5 Å². The third kappa shape index (κ3) is 3.09. The van der Waals surface area contributed by atoms with Crippen molar-refractivity contribution in [1.29, 1.82) is 0 Å². The second-order valence-corrected chi connectivity index (χ2v) is 10.5. The molecule has 2 fully saturated rings. The Balaban J connectivity index is 1.53. The largest absolute Gasteiger partial charge is 0.481 e. The van der Waals surface area contributed by atoms with Crippen LogP contribution in [0.4, 0.5) is 0 Å². The van der Waals surface area contributed by atoms with Crippen LogP contribution >= 0.6 is 0 Å². The highest BCUT2D eigenvalue weighted by Gasteiger charge is 2.55. The summed E-state index contributed by atoms with van der Waals surface area (Å²) >= 11 is 0. The average Bonchev–Trinajstić information content (AvgIpc) is 3.44. The van der Waals surface area contributed by atoms with Gasteiger partial charge in [-0.3, -0.25) is 9.48 Å². The topological polar surface area (TPSA) is 103 Å². The van der Waals surface area contributed by atoms with E-state index in [2.05, 4.69) is 14.8 Å². The van der Waals surface area contributed by atoms with Crippen molar-refractivity contribution in [3.05, 3.63) is 47.3 Å². The number of nitrogens with one attached hydrogen (secondary N) is 1. The number of amides is 1. The predicted molar refractivity (Wildman–Crippen MR) is 119 cm³/mol. The van der Waals surface area contributed by atoms with E-state index in [4.69, 9.17) is 4.74 Å². The zero-order valence-electron chi connectivity index (χ0n) is 18.4. The van der Waals surface area contributed by atoms with E-state index < -0.39 is 21.3 Å². The normalized spacial score (nSPS) is 17.7. The molecule has 0 bridgehead atoms. The van der Waals surface area contributed by atoms with Crippen LogP contribution in [0.2, 0.25) is 0 Å². The lowest BCUT2D eigenvalue weighted by atomic mass is 9.77. The van der Waals surface area contributed by atoms with Crippen molar-refractivity contribution in [3.63, 3.8) is 0 Å². The summed E-state index contributed by atoms with van der Waals surface area (Å²) < 4.78 is 35.9. The van der Waals surface area contributed by atoms with Crippen LogP contribution in [0.1, 0.15) is 54.7 Å². The number of pyridine rings is 1. The summed E-state index contributed by atoms with van der Waals surface area (Å²) in [6, 6.07) is 4.93. The number of carbonyl (C=O) groups is 1. The lowest BCUT2D eigenvalue weighted by molar-refractivity contribution is -0.121. The standard InChI is InChI=1S/C23H26N4O4S/c1-14-17(15-6-4-7-15)13-24-21(31-3)19(14)23(10-11-23)22(28)26-32(29,30)18-9-5-8-16-12-25-27(2)20(16)18/h5,8-9,12-13,15H,4,6-7,10-11H2,1-3H3,(H,26,28). The molecule has 32 heavy (non-hydrogen) atoms. The fourth-order valence-electron chi connectivity index (χ4n) is 4.85. The molecular weight excluding hydrogens is 428 g/mol. The Bertz CT molecular complexity index is 1340. The van der Waals surface area contributed by atoms with E-state index in [9.17, 15) is 13.2 Å². The summed E-state index contributed by atoms with van der Waals surface area (Å²) in [6.07, 6.45) is 7.95. The number of rotatable bonds is 6. The number of hydrogen-bond donors (Lipinski definition) is 1. The molecule has 0 spiro atoms. The minimum absolute atomic E-state index is 0.0316. The summed E-state index contributed by atoms with van der Waals surface area (Å²) in [6.45, 7) is 1.99. The zero-order valence-corrected chi connectivity index (χ0v) is 19.2. The molecule has 2 aliphatic carbocycles. The molecule has 9 heteroatoms. The van der Waals surface area contributed by atoms with E-state index in [-0.39, 0.29) is 4.90 Å². The second kappa shape index (κ2) is 7.30. The van der Waals surface area contributed by atoms with Gasteiger partial charge in [0.05, 0.1) is 24.2 Å². The summed E-state index contributed by atoms with van der Waals surface area (Å²) in [4.78, 5) is 18.0. The Labute approximate surface area is 187 Å². The number of aromatic nitrogens is 3. The van der Waals surface area contributed by atoms with E-state index in [1.165, 1.54) is 24.3 Å². The highest BCUT2D eigenvalue weighted by Crippen LogP contribution is 2.54. The van der Waals surface area contributed by atoms with Gasteiger partial charge in [-0.2, -0.15) is 5.10 Å². The number of benzene rings is 1. The molecule has 0 unspecified atom stereocenters. The second-order valence-electron chi connectivity index (χ2n) is 8.83. The molecule has 1 aromatic carbocycles. The van der Waals surface area contributed by atoms with Crippen molar-refractivity contribution in [2.45, 2.75) is 55.3 Å². The minimum Gasteiger partial charge on any atom is -0.481 e. The lowest BCUT2D eigenvalue weighted by Crippen LogP contribution is -2.39. The monoisotopic (exact) mass is 454 g/mol. The van der Waals surface area contributed by atoms with Crippen molar-refractivity contribution in [2.75, 3.05) is 7.11 Å². The van der Waals surface area contributed by atoms with E-state index >= 15 is 0 Å². The molecule has 2 saturated carbocycles. The minimum atomic E-state index is -4.10. The van der Waals surface area contributed by atoms with E-state index in [1.807, 2.05) is 13.1 Å². The molecule has 0 radical (unpaired) electrons. The maximum atomic E-state index is 13.5. The fourth-order valence-corrected chi connectivity index (χ4v) is 6.16. The van der Waals surface area contributed by atoms with Gasteiger partial charge >= 0.3 is 0 Å². The molecule has 2 aromatic heterocycles. The molecule has 0 aliphatic heterocycles. The molecule has 1 amide bonds. The van der Waals surface area contributed by atoms with Crippen LogP contribution in [0.5, 0.6) is 5.88 Å². The summed E-state index contributed by atoms with van der Waals surface area (Å²) in [5, 5.41) is 4.84. The molecule has 5 rings (SSSR count). The molecule has 2 heterocycles. The third-order valence-corrected chi connectivity index (χ3v) is 8.35. The van der Waals surface area contributed by atoms with Crippen molar-refractivity contribution in [1.82, 2.24) is 19.5 Å². The zero-order chi connectivity index (χ0) is 22.7. The van der Waals surface area contributed by atoms with E-state index in [1.54, 1.807) is 25.4 Å². The van der Waals surface area contributed by atoms with Crippen LogP contribution < -0.4 is 9.46 Å². The smallest absolute Gasteiger partial charge is 0.266 e. The van der Waals surface area contributed by atoms with Gasteiger partial charge in [0.1, 0.15) is 4.90 Å². The van der Waals surface area contributed by atoms with Gasteiger partial charge < -0.3 is 4.74 Å². The van der Waals surface area contributed by atoms with Crippen LogP contribution in [0.25, 0.3) is 10.9 Å². The molecule has 168 valence electrons. The molecule has 0 saturated heterocycles. The molecule has 3 aromatic rings. The number of para-hydroxylation sites is 1. The highest BCUT2D eigenvalue weighted by atomic mass is 32.2. The van der Waals surface area contributed by atoms with Gasteiger partial charge in [0, 0.05) is 24.2 Å². The van der Waals surface area contributed by atoms with Gasteiger partial charge in [-0.1, -0.05) is 18.6 Å². The van der Waals surface area contributed by atoms with Crippen LogP contribution in [-0.2, 0) is 27.3 Å². The number of aryl methyl sites for hydroxylation is 1. The van der Waals surface area contributed by atoms with Crippen molar-refractivity contribution >= 4 is 26.8 Å². The van der Waals surface area contributed by atoms with Gasteiger partial charge in [0.15, 0.2) is 0 Å². The molecule has 2 aliphatic rings. The Morgan fingerprint density at radius 1 is 1.25 bits per heavy atom. The first kappa shape index (κ1) is 20.9. The SMILES string of the molecule is COc1ncc(C2CCC2)c(C)c1C1(C(=O)NS(=O)(=O)c2cccc3cnn(C)c23)CC1. The number of carbonyl (C=O) groups excluding carboxylic acids is 1. The van der Waals surface area contributed by atoms with Gasteiger partial charge in [-0.05, 0) is 55.7 Å². The first-order chi connectivity index (χ1) is 15.3. The van der Waals surface area contributed by atoms with Crippen LogP contribution in [0, 0.1) is 6.92 Å². The van der Waals surface area contributed by atoms with Crippen LogP contribution in [0.15, 0.2) is 35.5 Å². The molecule has 0 atom stereocenters. The summed E-state index contributed by atoms with van der Waals surface area (Å²) in [5.74, 6) is 0.298. The van der Waals surface area contributed by atoms with Crippen molar-refractivity contribution in [2.24, 2.45) is 7.05 Å². The summed E-state index contributed by atoms with van der Waals surface area (Å²) in [5.41, 5.74) is 2.35. The molecule has 8 nitrogen and oxygen atoms in total. The quantitative estimate of drug-likeness (QED) is 0.614. The number of nitrogens with zero attached hydrogens (tertiary/aromatic N) is 3. The Morgan fingerprint density at radius 2 is 2.00 bits per heavy atom. The van der Waals surface area contributed by atoms with Gasteiger partial charge in [0.2, 0.25) is 11.8 Å². The van der Waals surface area contributed by atoms with Crippen molar-refractivity contribution < 1.29 is 17.9 Å². The number of methoxy groups -OCH3 is 1. The number of hydrogen-bond acceptors (Lipinski definition) is 6. The molecular formula is C23H26N4O4S. The maximum absolute atomic E-state index is 13.5. The Kier molecular flexibility index (Phi) is 4.77. The lowest BCUT2D eigenvalue weighted by Gasteiger charge is -2.29. The number of sulfonamides is 1.